The van der Waals surface area contributed by atoms with Crippen molar-refractivity contribution < 1.29 is 0 Å². The third kappa shape index (κ3) is 5.01. The summed E-state index contributed by atoms with van der Waals surface area (Å²) in [5.74, 6) is 0. The highest BCUT2D eigenvalue weighted by atomic mass is 15.2. The molecule has 7 heavy (non-hydrogen) atoms. The molecule has 0 saturated carbocycles. The molecule has 0 aromatic rings. The summed E-state index contributed by atoms with van der Waals surface area (Å²) in [6.07, 6.45) is 2.85. The van der Waals surface area contributed by atoms with Gasteiger partial charge in [-0.2, -0.15) is 5.10 Å². The smallest absolute Gasteiger partial charge is 0.137 e. The molecule has 0 amide bonds. The molecule has 0 aliphatic heterocycles. The minimum absolute atomic E-state index is 1.28. The Bertz CT molecular complexity index is 93.1. The lowest BCUT2D eigenvalue weighted by Gasteiger charge is -1.66. The number of rotatable bonds is 2. The molecular weight excluding hydrogens is 90.1 g/mol. The molecule has 0 aromatic carbocycles. The summed E-state index contributed by atoms with van der Waals surface area (Å²) < 4.78 is 0. The van der Waals surface area contributed by atoms with Crippen LogP contribution in [0.1, 0.15) is 6.92 Å². The van der Waals surface area contributed by atoms with Gasteiger partial charge in [0.15, 0.2) is 0 Å². The second-order valence-corrected chi connectivity index (χ2v) is 0.787. The van der Waals surface area contributed by atoms with Crippen LogP contribution in [0.2, 0.25) is 0 Å². The first-order valence-electron chi connectivity index (χ1n) is 1.87. The summed E-state index contributed by atoms with van der Waals surface area (Å²) in [6.45, 7) is 4.94. The van der Waals surface area contributed by atoms with Crippen molar-refractivity contribution in [3.05, 3.63) is 0 Å². The SMILES string of the molecule is C=NC=NN=CC. The highest BCUT2D eigenvalue weighted by Gasteiger charge is 1.52. The lowest BCUT2D eigenvalue weighted by Crippen LogP contribution is -1.59. The van der Waals surface area contributed by atoms with Gasteiger partial charge < -0.3 is 0 Å². The first-order valence-corrected chi connectivity index (χ1v) is 1.87. The Balaban J connectivity index is 3.27. The molecule has 0 rings (SSSR count). The number of hydrogen-bond donors (Lipinski definition) is 0. The maximum atomic E-state index is 3.47. The van der Waals surface area contributed by atoms with Crippen LogP contribution in [0.5, 0.6) is 0 Å². The lowest BCUT2D eigenvalue weighted by atomic mass is 10.9. The second-order valence-electron chi connectivity index (χ2n) is 0.787. The maximum absolute atomic E-state index is 3.47. The van der Waals surface area contributed by atoms with Crippen LogP contribution in [-0.2, 0) is 0 Å². The normalized spacial score (nSPS) is 11.0. The van der Waals surface area contributed by atoms with E-state index in [9.17, 15) is 0 Å². The van der Waals surface area contributed by atoms with Crippen molar-refractivity contribution in [3.8, 4) is 0 Å². The zero-order valence-corrected chi connectivity index (χ0v) is 4.20. The van der Waals surface area contributed by atoms with E-state index < -0.39 is 0 Å². The largest absolute Gasteiger partial charge is 0.251 e. The zero-order valence-electron chi connectivity index (χ0n) is 4.20. The van der Waals surface area contributed by atoms with Crippen molar-refractivity contribution in [2.24, 2.45) is 15.2 Å². The van der Waals surface area contributed by atoms with E-state index in [1.165, 1.54) is 6.34 Å². The van der Waals surface area contributed by atoms with Crippen molar-refractivity contribution in [2.45, 2.75) is 6.92 Å². The van der Waals surface area contributed by atoms with Crippen molar-refractivity contribution >= 4 is 19.3 Å². The first-order chi connectivity index (χ1) is 3.41. The van der Waals surface area contributed by atoms with E-state index in [0.717, 1.165) is 0 Å². The quantitative estimate of drug-likeness (QED) is 0.276. The fraction of sp³-hybridized carbons (Fsp3) is 0.250. The minimum atomic E-state index is 1.28. The molecule has 0 saturated heterocycles. The van der Waals surface area contributed by atoms with Gasteiger partial charge in [0.05, 0.1) is 0 Å². The van der Waals surface area contributed by atoms with E-state index in [2.05, 4.69) is 21.9 Å². The highest BCUT2D eigenvalue weighted by Crippen LogP contribution is 1.63. The fourth-order valence-electron chi connectivity index (χ4n) is 0.133. The Morgan fingerprint density at radius 1 is 1.43 bits per heavy atom. The van der Waals surface area contributed by atoms with Gasteiger partial charge in [0.1, 0.15) is 6.34 Å². The van der Waals surface area contributed by atoms with E-state index in [4.69, 9.17) is 0 Å². The standard InChI is InChI=1S/C4H7N3/c1-3-6-7-4-5-2/h3-4H,2H2,1H3. The Labute approximate surface area is 42.5 Å². The zero-order chi connectivity index (χ0) is 5.54. The lowest BCUT2D eigenvalue weighted by molar-refractivity contribution is 1.25. The summed E-state index contributed by atoms with van der Waals surface area (Å²) in [6, 6.07) is 0. The Hall–Kier alpha value is -0.990. The van der Waals surface area contributed by atoms with Crippen molar-refractivity contribution in [1.82, 2.24) is 0 Å². The fourth-order valence-corrected chi connectivity index (χ4v) is 0.133. The van der Waals surface area contributed by atoms with Crippen molar-refractivity contribution in [1.29, 1.82) is 0 Å². The van der Waals surface area contributed by atoms with Gasteiger partial charge in [-0.3, -0.25) is 4.99 Å². The molecule has 0 aliphatic carbocycles. The van der Waals surface area contributed by atoms with Crippen LogP contribution in [0, 0.1) is 0 Å². The van der Waals surface area contributed by atoms with Crippen LogP contribution in [0.15, 0.2) is 15.2 Å². The summed E-state index contributed by atoms with van der Waals surface area (Å²) in [7, 11) is 0. The van der Waals surface area contributed by atoms with Crippen LogP contribution in [0.3, 0.4) is 0 Å². The van der Waals surface area contributed by atoms with Gasteiger partial charge in [0.25, 0.3) is 0 Å². The molecule has 0 unspecified atom stereocenters. The van der Waals surface area contributed by atoms with Crippen LogP contribution in [-0.4, -0.2) is 19.3 Å². The molecule has 0 bridgehead atoms. The average Bonchev–Trinajstić information content (AvgIpc) is 1.69. The molecule has 0 atom stereocenters. The summed E-state index contributed by atoms with van der Waals surface area (Å²) in [5, 5.41) is 6.90. The van der Waals surface area contributed by atoms with Crippen LogP contribution in [0.4, 0.5) is 0 Å². The molecule has 3 nitrogen and oxygen atoms in total. The van der Waals surface area contributed by atoms with Crippen molar-refractivity contribution in [2.75, 3.05) is 0 Å². The molecule has 0 radical (unpaired) electrons. The molecule has 0 N–H and O–H groups in total. The Kier molecular flexibility index (Phi) is 4.30. The molecule has 0 spiro atoms. The van der Waals surface area contributed by atoms with Gasteiger partial charge in [0.2, 0.25) is 0 Å². The van der Waals surface area contributed by atoms with E-state index in [1.807, 2.05) is 0 Å². The monoisotopic (exact) mass is 97.1 g/mol. The summed E-state index contributed by atoms with van der Waals surface area (Å²) in [4.78, 5) is 3.32. The first kappa shape index (κ1) is 6.01. The topological polar surface area (TPSA) is 37.1 Å². The van der Waals surface area contributed by atoms with Gasteiger partial charge in [-0.25, -0.2) is 0 Å². The molecule has 38 valence electrons. The Morgan fingerprint density at radius 3 is 2.57 bits per heavy atom. The van der Waals surface area contributed by atoms with Crippen LogP contribution < -0.4 is 0 Å². The molecule has 0 aromatic heterocycles. The van der Waals surface area contributed by atoms with Gasteiger partial charge >= 0.3 is 0 Å². The third-order valence-corrected chi connectivity index (χ3v) is 0.315. The maximum Gasteiger partial charge on any atom is 0.137 e. The van der Waals surface area contributed by atoms with Gasteiger partial charge in [-0.1, -0.05) is 0 Å². The predicted molar refractivity (Wildman–Crippen MR) is 32.2 cm³/mol. The predicted octanol–water partition coefficient (Wildman–Crippen LogP) is 0.721. The van der Waals surface area contributed by atoms with Crippen LogP contribution >= 0.6 is 0 Å². The number of aliphatic imine (C=N–C) groups is 1. The third-order valence-electron chi connectivity index (χ3n) is 0.315. The van der Waals surface area contributed by atoms with Crippen molar-refractivity contribution in [3.63, 3.8) is 0 Å². The number of hydrogen-bond acceptors (Lipinski definition) is 2. The molecular formula is C4H7N3. The van der Waals surface area contributed by atoms with E-state index in [0.29, 0.717) is 0 Å². The van der Waals surface area contributed by atoms with Gasteiger partial charge in [-0.15, -0.1) is 5.10 Å². The van der Waals surface area contributed by atoms with E-state index >= 15 is 0 Å². The van der Waals surface area contributed by atoms with Gasteiger partial charge in [-0.05, 0) is 13.6 Å². The molecule has 0 fully saturated rings. The minimum Gasteiger partial charge on any atom is -0.251 e. The summed E-state index contributed by atoms with van der Waals surface area (Å²) >= 11 is 0. The van der Waals surface area contributed by atoms with Crippen LogP contribution in [0.25, 0.3) is 0 Å². The number of nitrogens with zero attached hydrogens (tertiary/aromatic N) is 3. The second kappa shape index (κ2) is 5.01. The average molecular weight is 97.1 g/mol. The van der Waals surface area contributed by atoms with E-state index in [1.54, 1.807) is 13.1 Å². The van der Waals surface area contributed by atoms with Gasteiger partial charge in [0, 0.05) is 6.21 Å². The highest BCUT2D eigenvalue weighted by molar-refractivity contribution is 5.63. The molecule has 0 heterocycles. The van der Waals surface area contributed by atoms with E-state index in [-0.39, 0.29) is 0 Å². The summed E-state index contributed by atoms with van der Waals surface area (Å²) in [5.41, 5.74) is 0. The molecule has 0 aliphatic rings. The Morgan fingerprint density at radius 2 is 2.14 bits per heavy atom. The molecule has 3 heteroatoms.